The van der Waals surface area contributed by atoms with E-state index < -0.39 is 46.0 Å². The highest BCUT2D eigenvalue weighted by atomic mass is 32.2. The fraction of sp³-hybridized carbons (Fsp3) is 0.481. The Morgan fingerprint density at radius 2 is 1.72 bits per heavy atom. The highest BCUT2D eigenvalue weighted by Gasteiger charge is 2.40. The van der Waals surface area contributed by atoms with E-state index >= 15 is 0 Å². The number of hydrogen-bond acceptors (Lipinski definition) is 6. The van der Waals surface area contributed by atoms with Gasteiger partial charge in [-0.15, -0.1) is 0 Å². The van der Waals surface area contributed by atoms with Crippen molar-refractivity contribution in [1.82, 2.24) is 19.3 Å². The number of H-pyrrole nitrogens is 2. The van der Waals surface area contributed by atoms with Crippen LogP contribution in [0.1, 0.15) is 52.0 Å². The van der Waals surface area contributed by atoms with Crippen LogP contribution in [0, 0.1) is 0 Å². The Balaban J connectivity index is 1.71. The molecule has 212 valence electrons. The van der Waals surface area contributed by atoms with Crippen molar-refractivity contribution in [2.24, 2.45) is 0 Å². The van der Waals surface area contributed by atoms with Crippen molar-refractivity contribution in [3.8, 4) is 0 Å². The molecule has 11 nitrogen and oxygen atoms in total. The van der Waals surface area contributed by atoms with Gasteiger partial charge in [0.15, 0.2) is 0 Å². The van der Waals surface area contributed by atoms with Crippen molar-refractivity contribution >= 4 is 27.1 Å². The summed E-state index contributed by atoms with van der Waals surface area (Å²) in [6.07, 6.45) is 0.290. The zero-order chi connectivity index (χ0) is 28.4. The van der Waals surface area contributed by atoms with Crippen molar-refractivity contribution in [2.45, 2.75) is 81.6 Å². The molecule has 0 saturated heterocycles. The standard InChI is InChI=1S/C27H36N4O7S/c1-27(2,3)31(26(34)35)23(15-18-9-5-4-6-10-18)24(32)17-30(38-19-11-7-8-12-19)39(36,37)20-13-14-21-22(16-20)29-25(33)28-21/h4-6,9-10,13-14,16,19,23-24,32H,7-8,11-12,15,17H2,1-3H3,(H,34,35)(H2,28,29,33)/t23-,24-/m0/s1. The number of fused-ring (bicyclic) bond motifs is 1. The predicted octanol–water partition coefficient (Wildman–Crippen LogP) is 3.47. The minimum absolute atomic E-state index is 0.124. The third kappa shape index (κ3) is 6.70. The van der Waals surface area contributed by atoms with E-state index in [4.69, 9.17) is 4.84 Å². The number of hydroxylamine groups is 1. The molecule has 1 amide bonds. The lowest BCUT2D eigenvalue weighted by atomic mass is 9.95. The fourth-order valence-electron chi connectivity index (χ4n) is 5.10. The molecule has 4 rings (SSSR count). The summed E-state index contributed by atoms with van der Waals surface area (Å²) in [5.41, 5.74) is 0.216. The van der Waals surface area contributed by atoms with E-state index in [1.54, 1.807) is 20.8 Å². The second-order valence-corrected chi connectivity index (χ2v) is 12.8. The zero-order valence-electron chi connectivity index (χ0n) is 22.3. The van der Waals surface area contributed by atoms with E-state index in [1.165, 1.54) is 23.1 Å². The van der Waals surface area contributed by atoms with Gasteiger partial charge in [-0.1, -0.05) is 47.6 Å². The van der Waals surface area contributed by atoms with Crippen molar-refractivity contribution < 1.29 is 28.3 Å². The molecule has 0 bridgehead atoms. The lowest BCUT2D eigenvalue weighted by Gasteiger charge is -2.42. The number of imidazole rings is 1. The Morgan fingerprint density at radius 1 is 1.08 bits per heavy atom. The number of benzene rings is 2. The van der Waals surface area contributed by atoms with Crippen LogP contribution in [-0.4, -0.2) is 74.4 Å². The Labute approximate surface area is 227 Å². The van der Waals surface area contributed by atoms with Gasteiger partial charge in [-0.2, -0.15) is 0 Å². The number of hydrogen-bond donors (Lipinski definition) is 4. The Morgan fingerprint density at radius 3 is 2.33 bits per heavy atom. The Hall–Kier alpha value is -3.19. The SMILES string of the molecule is CC(C)(C)N(C(=O)O)[C@@H](Cc1ccccc1)[C@@H](O)CN(OC1CCCC1)S(=O)(=O)c1ccc2[nH]c(=O)[nH]c2c1. The van der Waals surface area contributed by atoms with Gasteiger partial charge in [0.05, 0.1) is 40.7 Å². The molecule has 0 spiro atoms. The maximum Gasteiger partial charge on any atom is 0.408 e. The summed E-state index contributed by atoms with van der Waals surface area (Å²) in [4.78, 5) is 36.3. The van der Waals surface area contributed by atoms with Crippen LogP contribution in [0.2, 0.25) is 0 Å². The number of aliphatic hydroxyl groups excluding tert-OH is 1. The van der Waals surface area contributed by atoms with Crippen LogP contribution in [0.4, 0.5) is 4.79 Å². The number of aromatic nitrogens is 2. The first kappa shape index (κ1) is 28.8. The van der Waals surface area contributed by atoms with Crippen LogP contribution < -0.4 is 5.69 Å². The number of rotatable bonds is 10. The number of carbonyl (C=O) groups is 1. The molecule has 1 aliphatic carbocycles. The number of aliphatic hydroxyl groups is 1. The summed E-state index contributed by atoms with van der Waals surface area (Å²) < 4.78 is 28.5. The Bertz CT molecular complexity index is 1440. The van der Waals surface area contributed by atoms with Gasteiger partial charge in [0.25, 0.3) is 10.0 Å². The van der Waals surface area contributed by atoms with Gasteiger partial charge in [0, 0.05) is 5.54 Å². The minimum atomic E-state index is -4.30. The molecule has 3 aromatic rings. The van der Waals surface area contributed by atoms with Crippen LogP contribution >= 0.6 is 0 Å². The second kappa shape index (κ2) is 11.5. The first-order valence-corrected chi connectivity index (χ1v) is 14.5. The van der Waals surface area contributed by atoms with Gasteiger partial charge < -0.3 is 20.2 Å². The molecule has 1 fully saturated rings. The smallest absolute Gasteiger partial charge is 0.408 e. The topological polar surface area (TPSA) is 156 Å². The maximum atomic E-state index is 13.8. The number of nitrogens with zero attached hydrogens (tertiary/aromatic N) is 2. The summed E-state index contributed by atoms with van der Waals surface area (Å²) in [5, 5.41) is 21.7. The van der Waals surface area contributed by atoms with Gasteiger partial charge in [0.1, 0.15) is 0 Å². The van der Waals surface area contributed by atoms with Crippen molar-refractivity contribution in [2.75, 3.05) is 6.54 Å². The molecule has 2 aromatic carbocycles. The van der Waals surface area contributed by atoms with E-state index in [2.05, 4.69) is 9.97 Å². The number of nitrogens with one attached hydrogen (secondary N) is 2. The second-order valence-electron chi connectivity index (χ2n) is 10.9. The van der Waals surface area contributed by atoms with Gasteiger partial charge in [-0.05, 0) is 63.8 Å². The summed E-state index contributed by atoms with van der Waals surface area (Å²) in [6, 6.07) is 12.3. The highest BCUT2D eigenvalue weighted by Crippen LogP contribution is 2.29. The van der Waals surface area contributed by atoms with Crippen LogP contribution in [0.25, 0.3) is 11.0 Å². The van der Waals surface area contributed by atoms with Crippen molar-refractivity contribution in [3.05, 3.63) is 64.6 Å². The molecule has 4 N–H and O–H groups in total. The molecule has 1 saturated carbocycles. The van der Waals surface area contributed by atoms with Crippen LogP contribution in [-0.2, 0) is 21.3 Å². The minimum Gasteiger partial charge on any atom is -0.465 e. The average Bonchev–Trinajstić information content (AvgIpc) is 3.50. The van der Waals surface area contributed by atoms with E-state index in [1.807, 2.05) is 30.3 Å². The summed E-state index contributed by atoms with van der Waals surface area (Å²) in [5.74, 6) is 0. The monoisotopic (exact) mass is 560 g/mol. The van der Waals surface area contributed by atoms with Crippen molar-refractivity contribution in [1.29, 1.82) is 0 Å². The summed E-state index contributed by atoms with van der Waals surface area (Å²) >= 11 is 0. The normalized spacial score (nSPS) is 16.5. The fourth-order valence-corrected chi connectivity index (χ4v) is 6.43. The lowest BCUT2D eigenvalue weighted by molar-refractivity contribution is -0.149. The van der Waals surface area contributed by atoms with E-state index in [0.717, 1.165) is 22.9 Å². The van der Waals surface area contributed by atoms with Gasteiger partial charge in [-0.25, -0.2) is 18.0 Å². The van der Waals surface area contributed by atoms with Gasteiger partial charge >= 0.3 is 11.8 Å². The molecule has 1 aromatic heterocycles. The lowest BCUT2D eigenvalue weighted by Crippen LogP contribution is -2.58. The molecule has 0 aliphatic heterocycles. The summed E-state index contributed by atoms with van der Waals surface area (Å²) in [6.45, 7) is 4.69. The third-order valence-corrected chi connectivity index (χ3v) is 8.57. The Kier molecular flexibility index (Phi) is 8.50. The molecule has 0 radical (unpaired) electrons. The molecule has 2 atom stereocenters. The molecule has 1 aliphatic rings. The quantitative estimate of drug-likeness (QED) is 0.277. The number of sulfonamides is 1. The van der Waals surface area contributed by atoms with Crippen LogP contribution in [0.15, 0.2) is 58.2 Å². The van der Waals surface area contributed by atoms with E-state index in [0.29, 0.717) is 23.9 Å². The first-order valence-electron chi connectivity index (χ1n) is 13.0. The molecule has 1 heterocycles. The molecular formula is C27H36N4O7S. The first-order chi connectivity index (χ1) is 18.4. The highest BCUT2D eigenvalue weighted by molar-refractivity contribution is 7.89. The molecule has 39 heavy (non-hydrogen) atoms. The maximum absolute atomic E-state index is 13.8. The summed E-state index contributed by atoms with van der Waals surface area (Å²) in [7, 11) is -4.30. The molecule has 0 unspecified atom stereocenters. The number of carboxylic acid groups (broad SMARTS) is 1. The van der Waals surface area contributed by atoms with Gasteiger partial charge in [-0.3, -0.25) is 9.74 Å². The zero-order valence-corrected chi connectivity index (χ0v) is 23.1. The van der Waals surface area contributed by atoms with E-state index in [9.17, 15) is 28.2 Å². The van der Waals surface area contributed by atoms with Crippen LogP contribution in [0.5, 0.6) is 0 Å². The largest absolute Gasteiger partial charge is 0.465 e. The predicted molar refractivity (Wildman–Crippen MR) is 146 cm³/mol. The third-order valence-electron chi connectivity index (χ3n) is 6.95. The molecule has 12 heteroatoms. The van der Waals surface area contributed by atoms with Crippen molar-refractivity contribution in [3.63, 3.8) is 0 Å². The number of amides is 1. The van der Waals surface area contributed by atoms with Gasteiger partial charge in [0.2, 0.25) is 0 Å². The van der Waals surface area contributed by atoms with E-state index in [-0.39, 0.29) is 17.4 Å². The molecular weight excluding hydrogens is 524 g/mol. The number of aromatic amines is 2. The average molecular weight is 561 g/mol. The van der Waals surface area contributed by atoms with Crippen LogP contribution in [0.3, 0.4) is 0 Å².